The molecule has 1 aromatic rings. The molecule has 1 aliphatic rings. The van der Waals surface area contributed by atoms with Gasteiger partial charge in [-0.1, -0.05) is 58.1 Å². The van der Waals surface area contributed by atoms with Crippen LogP contribution < -0.4 is 10.6 Å². The van der Waals surface area contributed by atoms with Gasteiger partial charge in [0.1, 0.15) is 0 Å². The van der Waals surface area contributed by atoms with Gasteiger partial charge in [0.25, 0.3) is 11.8 Å². The zero-order chi connectivity index (χ0) is 18.8. The van der Waals surface area contributed by atoms with Gasteiger partial charge >= 0.3 is 0 Å². The van der Waals surface area contributed by atoms with Gasteiger partial charge in [0, 0.05) is 12.6 Å². The van der Waals surface area contributed by atoms with Crippen molar-refractivity contribution in [1.29, 1.82) is 0 Å². The highest BCUT2D eigenvalue weighted by atomic mass is 16.2. The van der Waals surface area contributed by atoms with Crippen molar-refractivity contribution in [2.45, 2.75) is 40.0 Å². The van der Waals surface area contributed by atoms with Crippen molar-refractivity contribution in [2.24, 2.45) is 0 Å². The molecule has 0 radical (unpaired) electrons. The van der Waals surface area contributed by atoms with E-state index in [1.807, 2.05) is 56.3 Å². The lowest BCUT2D eigenvalue weighted by Crippen LogP contribution is -2.29. The molecular weight excluding hydrogens is 312 g/mol. The van der Waals surface area contributed by atoms with Gasteiger partial charge in [0.05, 0.1) is 11.3 Å². The van der Waals surface area contributed by atoms with E-state index in [0.29, 0.717) is 29.2 Å². The number of allylic oxidation sites excluding steroid dienone is 4. The molecule has 0 fully saturated rings. The van der Waals surface area contributed by atoms with Gasteiger partial charge in [-0.25, -0.2) is 0 Å². The molecule has 0 bridgehead atoms. The first-order chi connectivity index (χ1) is 12.0. The maximum Gasteiger partial charge on any atom is 0.255 e. The van der Waals surface area contributed by atoms with E-state index in [4.69, 9.17) is 0 Å². The van der Waals surface area contributed by atoms with Crippen molar-refractivity contribution < 1.29 is 9.59 Å². The van der Waals surface area contributed by atoms with Crippen LogP contribution in [0.2, 0.25) is 0 Å². The van der Waals surface area contributed by atoms with Gasteiger partial charge < -0.3 is 10.6 Å². The summed E-state index contributed by atoms with van der Waals surface area (Å²) in [4.78, 5) is 24.4. The molecule has 1 aliphatic carbocycles. The summed E-state index contributed by atoms with van der Waals surface area (Å²) in [6.07, 6.45) is 7.96. The van der Waals surface area contributed by atoms with Gasteiger partial charge in [-0.2, -0.15) is 0 Å². The third kappa shape index (κ3) is 5.75. The van der Waals surface area contributed by atoms with Crippen LogP contribution in [0.5, 0.6) is 0 Å². The van der Waals surface area contributed by atoms with Gasteiger partial charge in [0.15, 0.2) is 0 Å². The predicted molar refractivity (Wildman–Crippen MR) is 103 cm³/mol. The number of benzene rings is 1. The fourth-order valence-electron chi connectivity index (χ4n) is 2.29. The average molecular weight is 340 g/mol. The number of amides is 2. The van der Waals surface area contributed by atoms with Crippen molar-refractivity contribution in [3.05, 3.63) is 71.0 Å². The summed E-state index contributed by atoms with van der Waals surface area (Å²) in [5.74, 6) is -0.0212. The van der Waals surface area contributed by atoms with E-state index >= 15 is 0 Å². The molecule has 4 heteroatoms. The zero-order valence-electron chi connectivity index (χ0n) is 15.7. The van der Waals surface area contributed by atoms with Crippen LogP contribution >= 0.6 is 0 Å². The molecule has 0 spiro atoms. The number of carbonyl (C=O) groups is 2. The van der Waals surface area contributed by atoms with Crippen molar-refractivity contribution in [2.75, 3.05) is 7.05 Å². The second-order valence-electron chi connectivity index (χ2n) is 5.67. The molecule has 1 aromatic carbocycles. The van der Waals surface area contributed by atoms with E-state index in [1.54, 1.807) is 13.1 Å². The minimum absolute atomic E-state index is 0.219. The van der Waals surface area contributed by atoms with Crippen LogP contribution in [0.15, 0.2) is 59.8 Å². The number of hydrogen-bond acceptors (Lipinski definition) is 2. The van der Waals surface area contributed by atoms with Gasteiger partial charge in [-0.15, -0.1) is 0 Å². The lowest BCUT2D eigenvalue weighted by Gasteiger charge is -2.13. The molecule has 0 atom stereocenters. The molecule has 0 saturated heterocycles. The van der Waals surface area contributed by atoms with E-state index in [2.05, 4.69) is 24.5 Å². The first-order valence-electron chi connectivity index (χ1n) is 8.73. The maximum absolute atomic E-state index is 12.4. The third-order valence-electron chi connectivity index (χ3n) is 3.71. The number of likely N-dealkylation sites (N-methyl/N-ethyl adjacent to an activating group) is 1. The third-order valence-corrected chi connectivity index (χ3v) is 3.71. The number of nitrogens with one attached hydrogen (secondary N) is 2. The largest absolute Gasteiger partial charge is 0.355 e. The van der Waals surface area contributed by atoms with Crippen LogP contribution in [0.25, 0.3) is 0 Å². The van der Waals surface area contributed by atoms with Crippen LogP contribution in [-0.2, 0) is 4.79 Å². The minimum atomic E-state index is -0.224. The number of rotatable bonds is 4. The molecule has 0 heterocycles. The van der Waals surface area contributed by atoms with Crippen LogP contribution in [0.1, 0.15) is 56.0 Å². The summed E-state index contributed by atoms with van der Waals surface area (Å²) in [6.45, 7) is 8.22. The van der Waals surface area contributed by atoms with E-state index in [9.17, 15) is 9.59 Å². The number of carbonyl (C=O) groups excluding carboxylic acids is 2. The molecule has 2 rings (SSSR count). The van der Waals surface area contributed by atoms with Gasteiger partial charge in [-0.3, -0.25) is 9.59 Å². The SMILES string of the molecule is CC.CNC(=O)C1=CC=CCC=C1NC(=O)c1ccc(C(C)C)cc1. The topological polar surface area (TPSA) is 58.2 Å². The Kier molecular flexibility index (Phi) is 8.40. The number of hydrogen-bond donors (Lipinski definition) is 2. The molecule has 25 heavy (non-hydrogen) atoms. The van der Waals surface area contributed by atoms with Gasteiger partial charge in [-0.05, 0) is 36.1 Å². The Balaban J connectivity index is 0.00000151. The molecule has 4 nitrogen and oxygen atoms in total. The molecular formula is C21H28N2O2. The lowest BCUT2D eigenvalue weighted by molar-refractivity contribution is -0.116. The predicted octanol–water partition coefficient (Wildman–Crippen LogP) is 4.08. The van der Waals surface area contributed by atoms with Crippen LogP contribution in [0, 0.1) is 0 Å². The summed E-state index contributed by atoms with van der Waals surface area (Å²) in [5.41, 5.74) is 2.75. The highest BCUT2D eigenvalue weighted by Crippen LogP contribution is 2.16. The maximum atomic E-state index is 12.4. The summed E-state index contributed by atoms with van der Waals surface area (Å²) < 4.78 is 0. The lowest BCUT2D eigenvalue weighted by atomic mass is 10.0. The Hall–Kier alpha value is -2.62. The molecule has 0 saturated carbocycles. The molecule has 2 amide bonds. The van der Waals surface area contributed by atoms with Crippen LogP contribution in [0.4, 0.5) is 0 Å². The van der Waals surface area contributed by atoms with Gasteiger partial charge in [0.2, 0.25) is 0 Å². The van der Waals surface area contributed by atoms with Crippen molar-refractivity contribution in [1.82, 2.24) is 10.6 Å². The Morgan fingerprint density at radius 2 is 1.68 bits per heavy atom. The fraction of sp³-hybridized carbons (Fsp3) is 0.333. The average Bonchev–Trinajstić information content (AvgIpc) is 2.88. The Morgan fingerprint density at radius 1 is 1.04 bits per heavy atom. The minimum Gasteiger partial charge on any atom is -0.355 e. The molecule has 0 unspecified atom stereocenters. The Morgan fingerprint density at radius 3 is 2.24 bits per heavy atom. The fourth-order valence-corrected chi connectivity index (χ4v) is 2.29. The zero-order valence-corrected chi connectivity index (χ0v) is 15.7. The normalized spacial score (nSPS) is 13.0. The summed E-state index contributed by atoms with van der Waals surface area (Å²) >= 11 is 0. The second-order valence-corrected chi connectivity index (χ2v) is 5.67. The highest BCUT2D eigenvalue weighted by Gasteiger charge is 2.17. The monoisotopic (exact) mass is 340 g/mol. The van der Waals surface area contributed by atoms with Crippen molar-refractivity contribution in [3.8, 4) is 0 Å². The van der Waals surface area contributed by atoms with E-state index in [-0.39, 0.29) is 11.8 Å². The standard InChI is InChI=1S/C19H22N2O2.C2H6/c1-13(2)14-9-11-15(12-10-14)18(22)21-17-8-6-4-5-7-16(17)19(23)20-3;1-2/h4-5,7-13H,6H2,1-3H3,(H,20,23)(H,21,22);1-2H3. The summed E-state index contributed by atoms with van der Waals surface area (Å²) in [6, 6.07) is 7.53. The van der Waals surface area contributed by atoms with Crippen molar-refractivity contribution in [3.63, 3.8) is 0 Å². The molecule has 2 N–H and O–H groups in total. The van der Waals surface area contributed by atoms with Crippen LogP contribution in [-0.4, -0.2) is 18.9 Å². The van der Waals surface area contributed by atoms with Crippen molar-refractivity contribution >= 4 is 11.8 Å². The summed E-state index contributed by atoms with van der Waals surface area (Å²) in [7, 11) is 1.57. The Bertz CT molecular complexity index is 680. The molecule has 0 aromatic heterocycles. The highest BCUT2D eigenvalue weighted by molar-refractivity contribution is 6.01. The van der Waals surface area contributed by atoms with E-state index in [1.165, 1.54) is 5.56 Å². The molecule has 134 valence electrons. The smallest absolute Gasteiger partial charge is 0.255 e. The van der Waals surface area contributed by atoms with Crippen LogP contribution in [0.3, 0.4) is 0 Å². The Labute approximate surface area is 150 Å². The molecule has 0 aliphatic heterocycles. The second kappa shape index (κ2) is 10.3. The van der Waals surface area contributed by atoms with E-state index in [0.717, 1.165) is 0 Å². The quantitative estimate of drug-likeness (QED) is 0.867. The first-order valence-corrected chi connectivity index (χ1v) is 8.73. The van der Waals surface area contributed by atoms with E-state index < -0.39 is 0 Å². The first kappa shape index (κ1) is 20.4. The summed E-state index contributed by atoms with van der Waals surface area (Å²) in [5, 5.41) is 5.43.